The Hall–Kier alpha value is -0.870. The Morgan fingerprint density at radius 3 is 2.71 bits per heavy atom. The van der Waals surface area contributed by atoms with Crippen molar-refractivity contribution in [2.75, 3.05) is 26.2 Å². The van der Waals surface area contributed by atoms with Crippen LogP contribution in [-0.2, 0) is 6.54 Å². The van der Waals surface area contributed by atoms with Crippen LogP contribution in [0.25, 0.3) is 0 Å². The summed E-state index contributed by atoms with van der Waals surface area (Å²) in [4.78, 5) is 6.37. The first-order chi connectivity index (χ1) is 8.22. The van der Waals surface area contributed by atoms with Crippen LogP contribution in [0.4, 0.5) is 0 Å². The number of nitrogens with zero attached hydrogens (tertiary/aromatic N) is 3. The van der Waals surface area contributed by atoms with Crippen molar-refractivity contribution < 1.29 is 5.11 Å². The molecule has 0 aromatic carbocycles. The highest BCUT2D eigenvalue weighted by molar-refractivity contribution is 4.74. The molecule has 0 spiro atoms. The van der Waals surface area contributed by atoms with Gasteiger partial charge in [-0.05, 0) is 31.8 Å². The third-order valence-electron chi connectivity index (χ3n) is 2.89. The van der Waals surface area contributed by atoms with Crippen LogP contribution >= 0.6 is 0 Å². The van der Waals surface area contributed by atoms with Crippen molar-refractivity contribution in [3.05, 3.63) is 18.7 Å². The lowest BCUT2D eigenvalue weighted by atomic mass is 10.1. The number of rotatable bonds is 9. The zero-order valence-corrected chi connectivity index (χ0v) is 11.0. The maximum absolute atomic E-state index is 9.03. The van der Waals surface area contributed by atoms with Gasteiger partial charge in [0.05, 0.1) is 12.9 Å². The highest BCUT2D eigenvalue weighted by Gasteiger charge is 2.05. The summed E-state index contributed by atoms with van der Waals surface area (Å²) < 4.78 is 2.10. The Morgan fingerprint density at radius 2 is 2.12 bits per heavy atom. The highest BCUT2D eigenvalue weighted by Crippen LogP contribution is 2.03. The summed E-state index contributed by atoms with van der Waals surface area (Å²) in [6.07, 6.45) is 7.96. The Bertz CT molecular complexity index is 272. The predicted molar refractivity (Wildman–Crippen MR) is 69.8 cm³/mol. The average Bonchev–Trinajstić information content (AvgIpc) is 2.78. The molecule has 0 saturated carbocycles. The first kappa shape index (κ1) is 14.2. The molecule has 98 valence electrons. The molecule has 0 amide bonds. The molecule has 1 aromatic heterocycles. The largest absolute Gasteiger partial charge is 0.395 e. The molecule has 17 heavy (non-hydrogen) atoms. The van der Waals surface area contributed by atoms with Gasteiger partial charge >= 0.3 is 0 Å². The molecule has 4 nitrogen and oxygen atoms in total. The average molecular weight is 239 g/mol. The SMILES string of the molecule is CC(C)CCN(CCO)CCCn1ccnc1. The van der Waals surface area contributed by atoms with Gasteiger partial charge in [0.1, 0.15) is 0 Å². The topological polar surface area (TPSA) is 41.3 Å². The van der Waals surface area contributed by atoms with E-state index < -0.39 is 0 Å². The molecule has 0 atom stereocenters. The molecule has 0 aliphatic carbocycles. The van der Waals surface area contributed by atoms with Crippen molar-refractivity contribution in [1.82, 2.24) is 14.5 Å². The van der Waals surface area contributed by atoms with Gasteiger partial charge in [-0.3, -0.25) is 0 Å². The summed E-state index contributed by atoms with van der Waals surface area (Å²) in [6.45, 7) is 8.66. The molecule has 1 N–H and O–H groups in total. The van der Waals surface area contributed by atoms with E-state index >= 15 is 0 Å². The second-order valence-corrected chi connectivity index (χ2v) is 4.90. The van der Waals surface area contributed by atoms with Crippen LogP contribution in [0.1, 0.15) is 26.7 Å². The third kappa shape index (κ3) is 6.44. The van der Waals surface area contributed by atoms with Crippen molar-refractivity contribution in [3.8, 4) is 0 Å². The van der Waals surface area contributed by atoms with E-state index in [1.807, 2.05) is 18.7 Å². The van der Waals surface area contributed by atoms with Gasteiger partial charge in [0, 0.05) is 25.5 Å². The van der Waals surface area contributed by atoms with E-state index in [9.17, 15) is 0 Å². The van der Waals surface area contributed by atoms with Crippen LogP contribution in [-0.4, -0.2) is 45.8 Å². The smallest absolute Gasteiger partial charge is 0.0945 e. The quantitative estimate of drug-likeness (QED) is 0.712. The molecule has 1 rings (SSSR count). The number of aliphatic hydroxyl groups is 1. The third-order valence-corrected chi connectivity index (χ3v) is 2.89. The van der Waals surface area contributed by atoms with Crippen molar-refractivity contribution in [1.29, 1.82) is 0 Å². The van der Waals surface area contributed by atoms with Gasteiger partial charge in [-0.15, -0.1) is 0 Å². The van der Waals surface area contributed by atoms with Gasteiger partial charge in [0.2, 0.25) is 0 Å². The van der Waals surface area contributed by atoms with E-state index in [0.717, 1.165) is 38.5 Å². The Labute approximate surface area is 104 Å². The zero-order chi connectivity index (χ0) is 12.5. The Morgan fingerprint density at radius 1 is 1.29 bits per heavy atom. The van der Waals surface area contributed by atoms with Gasteiger partial charge in [0.15, 0.2) is 0 Å². The van der Waals surface area contributed by atoms with Crippen LogP contribution < -0.4 is 0 Å². The summed E-state index contributed by atoms with van der Waals surface area (Å²) in [5.74, 6) is 0.727. The molecule has 0 fully saturated rings. The number of aliphatic hydroxyl groups excluding tert-OH is 1. The van der Waals surface area contributed by atoms with Crippen molar-refractivity contribution in [3.63, 3.8) is 0 Å². The number of aromatic nitrogens is 2. The van der Waals surface area contributed by atoms with Crippen molar-refractivity contribution in [2.24, 2.45) is 5.92 Å². The fourth-order valence-corrected chi connectivity index (χ4v) is 1.81. The monoisotopic (exact) mass is 239 g/mol. The molecule has 0 bridgehead atoms. The number of hydrogen-bond donors (Lipinski definition) is 1. The lowest BCUT2D eigenvalue weighted by molar-refractivity contribution is 0.185. The number of hydrogen-bond acceptors (Lipinski definition) is 3. The first-order valence-corrected chi connectivity index (χ1v) is 6.51. The standard InChI is InChI=1S/C13H25N3O/c1-13(2)4-8-15(10-11-17)6-3-7-16-9-5-14-12-16/h5,9,12-13,17H,3-4,6-8,10-11H2,1-2H3. The molecule has 0 aliphatic rings. The summed E-state index contributed by atoms with van der Waals surface area (Å²) in [7, 11) is 0. The normalized spacial score (nSPS) is 11.6. The molecule has 1 aromatic rings. The van der Waals surface area contributed by atoms with Crippen LogP contribution in [0, 0.1) is 5.92 Å². The highest BCUT2D eigenvalue weighted by atomic mass is 16.3. The fourth-order valence-electron chi connectivity index (χ4n) is 1.81. The fraction of sp³-hybridized carbons (Fsp3) is 0.769. The maximum Gasteiger partial charge on any atom is 0.0945 e. The first-order valence-electron chi connectivity index (χ1n) is 6.51. The van der Waals surface area contributed by atoms with Gasteiger partial charge in [-0.2, -0.15) is 0 Å². The summed E-state index contributed by atoms with van der Waals surface area (Å²) >= 11 is 0. The molecule has 1 heterocycles. The van der Waals surface area contributed by atoms with E-state index in [2.05, 4.69) is 28.3 Å². The van der Waals surface area contributed by atoms with Crippen LogP contribution in [0.2, 0.25) is 0 Å². The zero-order valence-electron chi connectivity index (χ0n) is 11.0. The van der Waals surface area contributed by atoms with E-state index in [0.29, 0.717) is 0 Å². The van der Waals surface area contributed by atoms with Gasteiger partial charge in [0.25, 0.3) is 0 Å². The lowest BCUT2D eigenvalue weighted by Gasteiger charge is -2.22. The van der Waals surface area contributed by atoms with Gasteiger partial charge in [-0.25, -0.2) is 4.98 Å². The second kappa shape index (κ2) is 8.25. The van der Waals surface area contributed by atoms with Gasteiger partial charge < -0.3 is 14.6 Å². The minimum absolute atomic E-state index is 0.253. The number of aryl methyl sites for hydroxylation is 1. The second-order valence-electron chi connectivity index (χ2n) is 4.90. The molecular formula is C13H25N3O. The predicted octanol–water partition coefficient (Wildman–Crippen LogP) is 1.61. The van der Waals surface area contributed by atoms with Crippen LogP contribution in [0.5, 0.6) is 0 Å². The minimum Gasteiger partial charge on any atom is -0.395 e. The van der Waals surface area contributed by atoms with Crippen LogP contribution in [0.15, 0.2) is 18.7 Å². The van der Waals surface area contributed by atoms with Crippen molar-refractivity contribution in [2.45, 2.75) is 33.2 Å². The van der Waals surface area contributed by atoms with Crippen LogP contribution in [0.3, 0.4) is 0 Å². The minimum atomic E-state index is 0.253. The summed E-state index contributed by atoms with van der Waals surface area (Å²) in [5.41, 5.74) is 0. The molecular weight excluding hydrogens is 214 g/mol. The molecule has 0 unspecified atom stereocenters. The van der Waals surface area contributed by atoms with Gasteiger partial charge in [-0.1, -0.05) is 13.8 Å². The Balaban J connectivity index is 2.19. The maximum atomic E-state index is 9.03. The molecule has 0 saturated heterocycles. The lowest BCUT2D eigenvalue weighted by Crippen LogP contribution is -2.30. The molecule has 4 heteroatoms. The van der Waals surface area contributed by atoms with E-state index in [-0.39, 0.29) is 6.61 Å². The van der Waals surface area contributed by atoms with E-state index in [4.69, 9.17) is 5.11 Å². The van der Waals surface area contributed by atoms with Crippen molar-refractivity contribution >= 4 is 0 Å². The molecule has 0 radical (unpaired) electrons. The van der Waals surface area contributed by atoms with E-state index in [1.165, 1.54) is 6.42 Å². The van der Waals surface area contributed by atoms with E-state index in [1.54, 1.807) is 0 Å². The molecule has 0 aliphatic heterocycles. The summed E-state index contributed by atoms with van der Waals surface area (Å²) in [5, 5.41) is 9.03. The Kier molecular flexibility index (Phi) is 6.89. The summed E-state index contributed by atoms with van der Waals surface area (Å²) in [6, 6.07) is 0. The number of imidazole rings is 1.